The third-order valence-electron chi connectivity index (χ3n) is 6.28. The number of ether oxygens (including phenoxy) is 1. The number of amides is 1. The molecule has 1 saturated heterocycles. The molecule has 1 amide bonds. The highest BCUT2D eigenvalue weighted by Crippen LogP contribution is 2.25. The summed E-state index contributed by atoms with van der Waals surface area (Å²) in [6, 6.07) is 22.2. The number of esters is 1. The summed E-state index contributed by atoms with van der Waals surface area (Å²) in [5, 5.41) is 9.06. The van der Waals surface area contributed by atoms with E-state index in [9.17, 15) is 9.59 Å². The monoisotopic (exact) mass is 445 g/mol. The van der Waals surface area contributed by atoms with Crippen molar-refractivity contribution < 1.29 is 14.3 Å². The van der Waals surface area contributed by atoms with Gasteiger partial charge in [0.2, 0.25) is 5.91 Å². The molecule has 0 unspecified atom stereocenters. The van der Waals surface area contributed by atoms with Crippen LogP contribution >= 0.6 is 0 Å². The second kappa shape index (κ2) is 10.6. The Morgan fingerprint density at radius 2 is 1.79 bits per heavy atom. The Morgan fingerprint density at radius 3 is 2.55 bits per heavy atom. The molecule has 0 bridgehead atoms. The molecule has 4 rings (SSSR count). The van der Waals surface area contributed by atoms with Gasteiger partial charge in [0.05, 0.1) is 18.7 Å². The highest BCUT2D eigenvalue weighted by atomic mass is 16.5. The molecule has 1 aliphatic heterocycles. The van der Waals surface area contributed by atoms with Crippen LogP contribution in [0.2, 0.25) is 0 Å². The number of fused-ring (bicyclic) bond motifs is 1. The fraction of sp³-hybridized carbons (Fsp3) is 0.333. The van der Waals surface area contributed by atoms with E-state index in [1.165, 1.54) is 23.4 Å². The molecule has 3 aromatic carbocycles. The first-order valence-electron chi connectivity index (χ1n) is 11.5. The number of nitrogens with zero attached hydrogens (tertiary/aromatic N) is 1. The molecular weight excluding hydrogens is 414 g/mol. The molecule has 3 aromatic rings. The van der Waals surface area contributed by atoms with Crippen LogP contribution in [0.4, 0.5) is 0 Å². The minimum absolute atomic E-state index is 0.0875. The van der Waals surface area contributed by atoms with Gasteiger partial charge in [-0.2, -0.15) is 0 Å². The van der Waals surface area contributed by atoms with Crippen molar-refractivity contribution in [2.24, 2.45) is 0 Å². The van der Waals surface area contributed by atoms with Gasteiger partial charge >= 0.3 is 5.97 Å². The quantitative estimate of drug-likeness (QED) is 0.520. The van der Waals surface area contributed by atoms with E-state index in [2.05, 4.69) is 58.0 Å². The summed E-state index contributed by atoms with van der Waals surface area (Å²) >= 11 is 0. The second-order valence-corrected chi connectivity index (χ2v) is 8.48. The maximum Gasteiger partial charge on any atom is 0.337 e. The van der Waals surface area contributed by atoms with E-state index >= 15 is 0 Å². The van der Waals surface area contributed by atoms with Crippen molar-refractivity contribution >= 4 is 22.6 Å². The van der Waals surface area contributed by atoms with Crippen molar-refractivity contribution in [1.29, 1.82) is 0 Å². The van der Waals surface area contributed by atoms with Crippen LogP contribution in [0.3, 0.4) is 0 Å². The number of methoxy groups -OCH3 is 1. The Kier molecular flexibility index (Phi) is 7.37. The van der Waals surface area contributed by atoms with Crippen molar-refractivity contribution in [1.82, 2.24) is 15.5 Å². The first kappa shape index (κ1) is 23.0. The minimum atomic E-state index is -0.334. The van der Waals surface area contributed by atoms with Crippen LogP contribution < -0.4 is 10.6 Å². The summed E-state index contributed by atoms with van der Waals surface area (Å²) in [4.78, 5) is 26.7. The Labute approximate surface area is 194 Å². The molecule has 0 saturated carbocycles. The van der Waals surface area contributed by atoms with Crippen LogP contribution in [-0.2, 0) is 22.6 Å². The van der Waals surface area contributed by atoms with Gasteiger partial charge < -0.3 is 15.4 Å². The first-order valence-corrected chi connectivity index (χ1v) is 11.5. The number of likely N-dealkylation sites (tertiary alicyclic amines) is 1. The maximum atomic E-state index is 12.8. The van der Waals surface area contributed by atoms with E-state index in [1.807, 2.05) is 19.1 Å². The third kappa shape index (κ3) is 5.41. The lowest BCUT2D eigenvalue weighted by Gasteiger charge is -2.24. The van der Waals surface area contributed by atoms with Gasteiger partial charge in [-0.1, -0.05) is 54.6 Å². The lowest BCUT2D eigenvalue weighted by molar-refractivity contribution is -0.125. The van der Waals surface area contributed by atoms with Gasteiger partial charge in [-0.25, -0.2) is 4.79 Å². The fourth-order valence-corrected chi connectivity index (χ4v) is 4.58. The van der Waals surface area contributed by atoms with Crippen LogP contribution in [0.25, 0.3) is 10.8 Å². The number of rotatable bonds is 8. The molecule has 2 atom stereocenters. The van der Waals surface area contributed by atoms with E-state index in [-0.39, 0.29) is 24.0 Å². The van der Waals surface area contributed by atoms with Crippen LogP contribution in [0, 0.1) is 0 Å². The zero-order valence-electron chi connectivity index (χ0n) is 19.2. The van der Waals surface area contributed by atoms with Crippen molar-refractivity contribution in [2.75, 3.05) is 20.2 Å². The summed E-state index contributed by atoms with van der Waals surface area (Å²) < 4.78 is 4.76. The summed E-state index contributed by atoms with van der Waals surface area (Å²) in [5.74, 6) is -0.247. The highest BCUT2D eigenvalue weighted by Gasteiger charge is 2.36. The van der Waals surface area contributed by atoms with Gasteiger partial charge in [0.1, 0.15) is 0 Å². The largest absolute Gasteiger partial charge is 0.465 e. The molecule has 1 fully saturated rings. The Bertz CT molecular complexity index is 1110. The summed E-state index contributed by atoms with van der Waals surface area (Å²) in [5.41, 5.74) is 2.87. The number of benzene rings is 3. The Morgan fingerprint density at radius 1 is 1.03 bits per heavy atom. The average Bonchev–Trinajstić information content (AvgIpc) is 3.26. The van der Waals surface area contributed by atoms with Gasteiger partial charge in [-0.05, 0) is 47.4 Å². The summed E-state index contributed by atoms with van der Waals surface area (Å²) in [6.07, 6.45) is 0.761. The van der Waals surface area contributed by atoms with Gasteiger partial charge in [0.25, 0.3) is 0 Å². The van der Waals surface area contributed by atoms with E-state index in [0.717, 1.165) is 25.1 Å². The van der Waals surface area contributed by atoms with Crippen LogP contribution in [-0.4, -0.2) is 49.1 Å². The smallest absolute Gasteiger partial charge is 0.337 e. The van der Waals surface area contributed by atoms with Gasteiger partial charge in [0, 0.05) is 32.2 Å². The van der Waals surface area contributed by atoms with Crippen LogP contribution in [0.1, 0.15) is 34.8 Å². The predicted molar refractivity (Wildman–Crippen MR) is 130 cm³/mol. The van der Waals surface area contributed by atoms with E-state index in [0.29, 0.717) is 18.7 Å². The highest BCUT2D eigenvalue weighted by molar-refractivity contribution is 5.89. The molecule has 2 N–H and O–H groups in total. The number of carbonyl (C=O) groups is 2. The molecule has 33 heavy (non-hydrogen) atoms. The van der Waals surface area contributed by atoms with E-state index in [4.69, 9.17) is 4.74 Å². The lowest BCUT2D eigenvalue weighted by Crippen LogP contribution is -2.42. The molecule has 172 valence electrons. The van der Waals surface area contributed by atoms with Crippen LogP contribution in [0.15, 0.2) is 66.7 Å². The predicted octanol–water partition coefficient (Wildman–Crippen LogP) is 3.50. The zero-order valence-corrected chi connectivity index (χ0v) is 19.2. The minimum Gasteiger partial charge on any atom is -0.465 e. The average molecular weight is 446 g/mol. The molecule has 0 spiro atoms. The SMILES string of the molecule is CCNC(=O)[C@@H]1C[C@H](NCc2ccc(C(=O)OC)cc2)CN1Cc1cccc2ccccc12. The molecule has 0 radical (unpaired) electrons. The number of hydrogen-bond acceptors (Lipinski definition) is 5. The maximum absolute atomic E-state index is 12.8. The summed E-state index contributed by atoms with van der Waals surface area (Å²) in [7, 11) is 1.38. The van der Waals surface area contributed by atoms with Crippen molar-refractivity contribution in [3.63, 3.8) is 0 Å². The molecule has 6 nitrogen and oxygen atoms in total. The number of carbonyl (C=O) groups excluding carboxylic acids is 2. The van der Waals surface area contributed by atoms with Crippen molar-refractivity contribution in [2.45, 2.75) is 38.5 Å². The number of likely N-dealkylation sites (N-methyl/N-ethyl adjacent to an activating group) is 1. The normalized spacial score (nSPS) is 18.4. The summed E-state index contributed by atoms with van der Waals surface area (Å²) in [6.45, 7) is 4.79. The van der Waals surface area contributed by atoms with Crippen molar-refractivity contribution in [3.05, 3.63) is 83.4 Å². The van der Waals surface area contributed by atoms with E-state index < -0.39 is 0 Å². The first-order chi connectivity index (χ1) is 16.1. The van der Waals surface area contributed by atoms with E-state index in [1.54, 1.807) is 12.1 Å². The van der Waals surface area contributed by atoms with Crippen LogP contribution in [0.5, 0.6) is 0 Å². The topological polar surface area (TPSA) is 70.7 Å². The fourth-order valence-electron chi connectivity index (χ4n) is 4.58. The molecule has 1 aliphatic rings. The molecule has 0 aromatic heterocycles. The third-order valence-corrected chi connectivity index (χ3v) is 6.28. The molecule has 6 heteroatoms. The van der Waals surface area contributed by atoms with Gasteiger partial charge in [-0.15, -0.1) is 0 Å². The number of hydrogen-bond donors (Lipinski definition) is 2. The number of nitrogens with one attached hydrogen (secondary N) is 2. The molecular formula is C27H31N3O3. The molecule has 0 aliphatic carbocycles. The van der Waals surface area contributed by atoms with Gasteiger partial charge in [-0.3, -0.25) is 9.69 Å². The van der Waals surface area contributed by atoms with Crippen molar-refractivity contribution in [3.8, 4) is 0 Å². The second-order valence-electron chi connectivity index (χ2n) is 8.48. The Hall–Kier alpha value is -3.22. The standard InChI is InChI=1S/C27H31N3O3/c1-3-28-26(31)25-15-23(29-16-19-11-13-21(14-12-19)27(32)33-2)18-30(25)17-22-9-6-8-20-7-4-5-10-24(20)22/h4-14,23,25,29H,3,15-18H2,1-2H3,(H,28,31)/t23-,25-/m0/s1. The molecule has 1 heterocycles. The zero-order chi connectivity index (χ0) is 23.2. The Balaban J connectivity index is 1.45. The lowest BCUT2D eigenvalue weighted by atomic mass is 10.0. The van der Waals surface area contributed by atoms with Gasteiger partial charge in [0.15, 0.2) is 0 Å².